The summed E-state index contributed by atoms with van der Waals surface area (Å²) in [5.74, 6) is -1.39. The standard InChI is InChI=1S/C16H16N4O3/c21-15(13-8-18-14(9-17-13)16(22)23)20-7-6-12(10-20)19-11-4-2-1-3-5-11/h1-5,8-9,12,19H,6-7,10H2,(H,22,23). The molecule has 1 atom stereocenters. The van der Waals surface area contributed by atoms with Crippen LogP contribution in [0.1, 0.15) is 27.4 Å². The number of aromatic nitrogens is 2. The van der Waals surface area contributed by atoms with E-state index in [0.717, 1.165) is 18.3 Å². The van der Waals surface area contributed by atoms with Gasteiger partial charge in [0, 0.05) is 24.8 Å². The van der Waals surface area contributed by atoms with Crippen molar-refractivity contribution in [1.82, 2.24) is 14.9 Å². The first kappa shape index (κ1) is 15.0. The molecular formula is C16H16N4O3. The van der Waals surface area contributed by atoms with Crippen LogP contribution >= 0.6 is 0 Å². The molecule has 3 rings (SSSR count). The number of rotatable bonds is 4. The van der Waals surface area contributed by atoms with Crippen molar-refractivity contribution in [2.75, 3.05) is 18.4 Å². The van der Waals surface area contributed by atoms with E-state index in [9.17, 15) is 9.59 Å². The maximum Gasteiger partial charge on any atom is 0.356 e. The smallest absolute Gasteiger partial charge is 0.356 e. The molecule has 1 aromatic carbocycles. The number of anilines is 1. The Morgan fingerprint density at radius 3 is 2.48 bits per heavy atom. The lowest BCUT2D eigenvalue weighted by atomic mass is 10.2. The van der Waals surface area contributed by atoms with Gasteiger partial charge in [0.2, 0.25) is 0 Å². The molecule has 23 heavy (non-hydrogen) atoms. The first-order chi connectivity index (χ1) is 11.1. The van der Waals surface area contributed by atoms with Crippen molar-refractivity contribution in [3.05, 3.63) is 54.1 Å². The van der Waals surface area contributed by atoms with Crippen LogP contribution in [0, 0.1) is 0 Å². The molecule has 1 aliphatic heterocycles. The summed E-state index contributed by atoms with van der Waals surface area (Å²) in [7, 11) is 0. The topological polar surface area (TPSA) is 95.4 Å². The summed E-state index contributed by atoms with van der Waals surface area (Å²) in [6.07, 6.45) is 3.16. The van der Waals surface area contributed by atoms with Gasteiger partial charge < -0.3 is 15.3 Å². The fourth-order valence-corrected chi connectivity index (χ4v) is 2.54. The van der Waals surface area contributed by atoms with Crippen molar-refractivity contribution in [3.8, 4) is 0 Å². The number of carboxylic acids is 1. The van der Waals surface area contributed by atoms with E-state index in [-0.39, 0.29) is 23.3 Å². The molecule has 1 saturated heterocycles. The third-order valence-corrected chi connectivity index (χ3v) is 3.71. The number of aromatic carboxylic acids is 1. The normalized spacial score (nSPS) is 17.0. The molecule has 7 nitrogen and oxygen atoms in total. The zero-order valence-corrected chi connectivity index (χ0v) is 12.3. The zero-order chi connectivity index (χ0) is 16.2. The van der Waals surface area contributed by atoms with Gasteiger partial charge in [-0.25, -0.2) is 14.8 Å². The van der Waals surface area contributed by atoms with Gasteiger partial charge in [-0.05, 0) is 18.6 Å². The second kappa shape index (κ2) is 6.43. The van der Waals surface area contributed by atoms with Crippen LogP contribution in [0.3, 0.4) is 0 Å². The number of hydrogen-bond acceptors (Lipinski definition) is 5. The van der Waals surface area contributed by atoms with Gasteiger partial charge in [-0.2, -0.15) is 0 Å². The minimum atomic E-state index is -1.16. The Labute approximate surface area is 133 Å². The van der Waals surface area contributed by atoms with Crippen LogP contribution < -0.4 is 5.32 Å². The van der Waals surface area contributed by atoms with Crippen molar-refractivity contribution >= 4 is 17.6 Å². The molecule has 2 aromatic rings. The lowest BCUT2D eigenvalue weighted by Gasteiger charge is -2.17. The van der Waals surface area contributed by atoms with Gasteiger partial charge >= 0.3 is 5.97 Å². The van der Waals surface area contributed by atoms with Crippen LogP contribution in [0.25, 0.3) is 0 Å². The SMILES string of the molecule is O=C(O)c1cnc(C(=O)N2CCC(Nc3ccccc3)C2)cn1. The Morgan fingerprint density at radius 1 is 1.13 bits per heavy atom. The number of para-hydroxylation sites is 1. The minimum Gasteiger partial charge on any atom is -0.476 e. The molecule has 1 aliphatic rings. The Kier molecular flexibility index (Phi) is 4.18. The van der Waals surface area contributed by atoms with E-state index < -0.39 is 5.97 Å². The van der Waals surface area contributed by atoms with E-state index in [2.05, 4.69) is 15.3 Å². The van der Waals surface area contributed by atoms with Gasteiger partial charge in [0.1, 0.15) is 5.69 Å². The lowest BCUT2D eigenvalue weighted by Crippen LogP contribution is -2.32. The molecule has 118 valence electrons. The summed E-state index contributed by atoms with van der Waals surface area (Å²) in [6.45, 7) is 1.21. The summed E-state index contributed by atoms with van der Waals surface area (Å²) in [5.41, 5.74) is 1.01. The van der Waals surface area contributed by atoms with Crippen LogP contribution in [0.2, 0.25) is 0 Å². The summed E-state index contributed by atoms with van der Waals surface area (Å²) in [4.78, 5) is 32.5. The Bertz CT molecular complexity index is 703. The highest BCUT2D eigenvalue weighted by atomic mass is 16.4. The average molecular weight is 312 g/mol. The average Bonchev–Trinajstić information content (AvgIpc) is 3.03. The number of amides is 1. The summed E-state index contributed by atoms with van der Waals surface area (Å²) in [6, 6.07) is 10.0. The highest BCUT2D eigenvalue weighted by Gasteiger charge is 2.27. The van der Waals surface area contributed by atoms with Gasteiger partial charge in [0.05, 0.1) is 12.4 Å². The predicted octanol–water partition coefficient (Wildman–Crippen LogP) is 1.50. The number of likely N-dealkylation sites (tertiary alicyclic amines) is 1. The van der Waals surface area contributed by atoms with E-state index >= 15 is 0 Å². The minimum absolute atomic E-state index is 0.162. The molecule has 1 amide bonds. The second-order valence-electron chi connectivity index (χ2n) is 5.34. The maximum atomic E-state index is 12.4. The molecule has 0 spiro atoms. The van der Waals surface area contributed by atoms with E-state index in [1.54, 1.807) is 4.90 Å². The van der Waals surface area contributed by atoms with Crippen LogP contribution in [0.4, 0.5) is 5.69 Å². The van der Waals surface area contributed by atoms with Crippen LogP contribution in [0.15, 0.2) is 42.7 Å². The second-order valence-corrected chi connectivity index (χ2v) is 5.34. The van der Waals surface area contributed by atoms with Crippen LogP contribution in [0.5, 0.6) is 0 Å². The third kappa shape index (κ3) is 3.45. The summed E-state index contributed by atoms with van der Waals surface area (Å²) < 4.78 is 0. The number of hydrogen-bond donors (Lipinski definition) is 2. The van der Waals surface area contributed by atoms with E-state index in [1.165, 1.54) is 6.20 Å². The quantitative estimate of drug-likeness (QED) is 0.888. The molecule has 2 N–H and O–H groups in total. The lowest BCUT2D eigenvalue weighted by molar-refractivity contribution is 0.0687. The van der Waals surface area contributed by atoms with E-state index in [0.29, 0.717) is 13.1 Å². The van der Waals surface area contributed by atoms with Crippen LogP contribution in [-0.2, 0) is 0 Å². The van der Waals surface area contributed by atoms with Gasteiger partial charge in [-0.3, -0.25) is 4.79 Å². The van der Waals surface area contributed by atoms with E-state index in [4.69, 9.17) is 5.11 Å². The molecular weight excluding hydrogens is 296 g/mol. The highest BCUT2D eigenvalue weighted by Crippen LogP contribution is 2.17. The predicted molar refractivity (Wildman–Crippen MR) is 83.4 cm³/mol. The molecule has 0 saturated carbocycles. The fraction of sp³-hybridized carbons (Fsp3) is 0.250. The van der Waals surface area contributed by atoms with Gasteiger partial charge in [0.25, 0.3) is 5.91 Å². The number of carboxylic acid groups (broad SMARTS) is 1. The molecule has 1 fully saturated rings. The molecule has 0 radical (unpaired) electrons. The third-order valence-electron chi connectivity index (χ3n) is 3.71. The number of carbonyl (C=O) groups excluding carboxylic acids is 1. The van der Waals surface area contributed by atoms with Gasteiger partial charge in [0.15, 0.2) is 5.69 Å². The van der Waals surface area contributed by atoms with Crippen molar-refractivity contribution in [3.63, 3.8) is 0 Å². The fourth-order valence-electron chi connectivity index (χ4n) is 2.54. The number of nitrogens with zero attached hydrogens (tertiary/aromatic N) is 3. The molecule has 7 heteroatoms. The first-order valence-electron chi connectivity index (χ1n) is 7.29. The number of benzene rings is 1. The molecule has 1 aromatic heterocycles. The van der Waals surface area contributed by atoms with Crippen molar-refractivity contribution in [1.29, 1.82) is 0 Å². The van der Waals surface area contributed by atoms with E-state index in [1.807, 2.05) is 30.3 Å². The number of nitrogens with one attached hydrogen (secondary N) is 1. The maximum absolute atomic E-state index is 12.4. The number of carbonyl (C=O) groups is 2. The van der Waals surface area contributed by atoms with Crippen LogP contribution in [-0.4, -0.2) is 51.0 Å². The Balaban J connectivity index is 1.62. The van der Waals surface area contributed by atoms with Crippen molar-refractivity contribution in [2.24, 2.45) is 0 Å². The van der Waals surface area contributed by atoms with Crippen molar-refractivity contribution in [2.45, 2.75) is 12.5 Å². The molecule has 1 unspecified atom stereocenters. The Hall–Kier alpha value is -2.96. The molecule has 2 heterocycles. The van der Waals surface area contributed by atoms with Crippen molar-refractivity contribution < 1.29 is 14.7 Å². The Morgan fingerprint density at radius 2 is 1.83 bits per heavy atom. The molecule has 0 aliphatic carbocycles. The van der Waals surface area contributed by atoms with Gasteiger partial charge in [-0.15, -0.1) is 0 Å². The largest absolute Gasteiger partial charge is 0.476 e. The van der Waals surface area contributed by atoms with Gasteiger partial charge in [-0.1, -0.05) is 18.2 Å². The monoisotopic (exact) mass is 312 g/mol. The highest BCUT2D eigenvalue weighted by molar-refractivity contribution is 5.93. The zero-order valence-electron chi connectivity index (χ0n) is 12.3. The first-order valence-corrected chi connectivity index (χ1v) is 7.29. The molecule has 0 bridgehead atoms. The summed E-state index contributed by atoms with van der Waals surface area (Å²) >= 11 is 0. The summed E-state index contributed by atoms with van der Waals surface area (Å²) in [5, 5.41) is 12.2.